The van der Waals surface area contributed by atoms with Gasteiger partial charge in [0.1, 0.15) is 5.75 Å². The van der Waals surface area contributed by atoms with E-state index in [2.05, 4.69) is 15.3 Å². The number of hydrogen-bond donors (Lipinski definition) is 2. The van der Waals surface area contributed by atoms with Crippen molar-refractivity contribution in [1.82, 2.24) is 9.97 Å². The number of benzene rings is 1. The van der Waals surface area contributed by atoms with Crippen LogP contribution < -0.4 is 15.8 Å². The van der Waals surface area contributed by atoms with Crippen molar-refractivity contribution in [2.45, 2.75) is 6.54 Å². The van der Waals surface area contributed by atoms with Crippen molar-refractivity contribution in [3.63, 3.8) is 0 Å². The van der Waals surface area contributed by atoms with Crippen LogP contribution in [0.2, 0.25) is 0 Å². The molecular weight excluding hydrogens is 244 g/mol. The number of amides is 1. The Bertz CT molecular complexity index is 545. The van der Waals surface area contributed by atoms with Crippen molar-refractivity contribution < 1.29 is 9.53 Å². The highest BCUT2D eigenvalue weighted by atomic mass is 16.5. The van der Waals surface area contributed by atoms with Crippen molar-refractivity contribution in [2.24, 2.45) is 5.73 Å². The van der Waals surface area contributed by atoms with Gasteiger partial charge in [0.15, 0.2) is 6.61 Å². The van der Waals surface area contributed by atoms with Gasteiger partial charge in [-0.1, -0.05) is 6.07 Å². The average Bonchev–Trinajstić information content (AvgIpc) is 2.44. The van der Waals surface area contributed by atoms with E-state index in [-0.39, 0.29) is 6.61 Å². The molecule has 0 fully saturated rings. The summed E-state index contributed by atoms with van der Waals surface area (Å²) in [7, 11) is 0. The number of rotatable bonds is 6. The number of primary amides is 1. The Morgan fingerprint density at radius 1 is 1.37 bits per heavy atom. The second-order valence-corrected chi connectivity index (χ2v) is 3.83. The highest BCUT2D eigenvalue weighted by molar-refractivity contribution is 5.75. The monoisotopic (exact) mass is 258 g/mol. The van der Waals surface area contributed by atoms with E-state index in [1.807, 2.05) is 12.1 Å². The van der Waals surface area contributed by atoms with Gasteiger partial charge in [0.05, 0.1) is 18.4 Å². The summed E-state index contributed by atoms with van der Waals surface area (Å²) in [5, 5.41) is 3.19. The maximum Gasteiger partial charge on any atom is 0.255 e. The van der Waals surface area contributed by atoms with Gasteiger partial charge in [-0.2, -0.15) is 0 Å². The van der Waals surface area contributed by atoms with Gasteiger partial charge in [0, 0.05) is 24.1 Å². The van der Waals surface area contributed by atoms with Crippen LogP contribution in [0.4, 0.5) is 5.69 Å². The Balaban J connectivity index is 1.93. The third-order valence-corrected chi connectivity index (χ3v) is 2.31. The molecule has 0 aliphatic rings. The van der Waals surface area contributed by atoms with Gasteiger partial charge in [-0.15, -0.1) is 0 Å². The van der Waals surface area contributed by atoms with Crippen molar-refractivity contribution in [2.75, 3.05) is 11.9 Å². The summed E-state index contributed by atoms with van der Waals surface area (Å²) < 4.78 is 5.22. The topological polar surface area (TPSA) is 90.1 Å². The van der Waals surface area contributed by atoms with E-state index in [0.29, 0.717) is 12.3 Å². The van der Waals surface area contributed by atoms with Crippen LogP contribution in [0, 0.1) is 0 Å². The lowest BCUT2D eigenvalue weighted by Gasteiger charge is -2.08. The lowest BCUT2D eigenvalue weighted by atomic mass is 10.3. The second-order valence-electron chi connectivity index (χ2n) is 3.83. The summed E-state index contributed by atoms with van der Waals surface area (Å²) in [6, 6.07) is 7.28. The Kier molecular flexibility index (Phi) is 4.28. The molecule has 6 nitrogen and oxygen atoms in total. The second kappa shape index (κ2) is 6.34. The molecule has 0 aliphatic carbocycles. The molecule has 1 aromatic carbocycles. The maximum absolute atomic E-state index is 10.6. The molecule has 98 valence electrons. The number of carbonyl (C=O) groups is 1. The predicted octanol–water partition coefficient (Wildman–Crippen LogP) is 0.953. The molecule has 0 atom stereocenters. The van der Waals surface area contributed by atoms with Crippen LogP contribution in [0.25, 0.3) is 0 Å². The van der Waals surface area contributed by atoms with Gasteiger partial charge >= 0.3 is 0 Å². The number of nitrogens with one attached hydrogen (secondary N) is 1. The van der Waals surface area contributed by atoms with Gasteiger partial charge in [-0.25, -0.2) is 0 Å². The minimum absolute atomic E-state index is 0.131. The Hall–Kier alpha value is -2.63. The van der Waals surface area contributed by atoms with Crippen molar-refractivity contribution >= 4 is 11.6 Å². The number of nitrogens with two attached hydrogens (primary N) is 1. The fourth-order valence-electron chi connectivity index (χ4n) is 1.46. The quantitative estimate of drug-likeness (QED) is 0.805. The normalized spacial score (nSPS) is 9.89. The molecule has 0 bridgehead atoms. The standard InChI is InChI=1S/C13H14N4O2/c14-13(18)9-19-12-3-1-2-10(6-12)17-8-11-7-15-4-5-16-11/h1-7,17H,8-9H2,(H2,14,18). The summed E-state index contributed by atoms with van der Waals surface area (Å²) in [5.41, 5.74) is 6.73. The third-order valence-electron chi connectivity index (χ3n) is 2.31. The molecule has 1 amide bonds. The first-order valence-corrected chi connectivity index (χ1v) is 5.74. The van der Waals surface area contributed by atoms with Crippen molar-refractivity contribution in [1.29, 1.82) is 0 Å². The fraction of sp³-hybridized carbons (Fsp3) is 0.154. The Morgan fingerprint density at radius 2 is 2.26 bits per heavy atom. The molecule has 0 spiro atoms. The molecule has 19 heavy (non-hydrogen) atoms. The molecule has 0 aliphatic heterocycles. The van der Waals surface area contributed by atoms with E-state index in [4.69, 9.17) is 10.5 Å². The molecule has 0 saturated carbocycles. The van der Waals surface area contributed by atoms with Crippen LogP contribution in [-0.2, 0) is 11.3 Å². The highest BCUT2D eigenvalue weighted by Gasteiger charge is 2.00. The molecule has 1 aromatic heterocycles. The van der Waals surface area contributed by atoms with Crippen LogP contribution in [0.15, 0.2) is 42.9 Å². The number of hydrogen-bond acceptors (Lipinski definition) is 5. The number of anilines is 1. The van der Waals surface area contributed by atoms with E-state index in [1.165, 1.54) is 0 Å². The first-order valence-electron chi connectivity index (χ1n) is 5.74. The number of ether oxygens (including phenoxy) is 1. The van der Waals surface area contributed by atoms with Gasteiger partial charge < -0.3 is 15.8 Å². The average molecular weight is 258 g/mol. The van der Waals surface area contributed by atoms with Crippen LogP contribution in [0.1, 0.15) is 5.69 Å². The molecular formula is C13H14N4O2. The molecule has 6 heteroatoms. The zero-order chi connectivity index (χ0) is 13.5. The van der Waals surface area contributed by atoms with Gasteiger partial charge in [-0.05, 0) is 12.1 Å². The number of aromatic nitrogens is 2. The number of carbonyl (C=O) groups excluding carboxylic acids is 1. The summed E-state index contributed by atoms with van der Waals surface area (Å²) in [5.74, 6) is 0.0841. The van der Waals surface area contributed by atoms with Gasteiger partial charge in [0.2, 0.25) is 0 Å². The first kappa shape index (κ1) is 12.8. The number of nitrogens with zero attached hydrogens (tertiary/aromatic N) is 2. The van der Waals surface area contributed by atoms with E-state index in [1.54, 1.807) is 30.7 Å². The van der Waals surface area contributed by atoms with E-state index in [0.717, 1.165) is 11.4 Å². The highest BCUT2D eigenvalue weighted by Crippen LogP contribution is 2.17. The molecule has 2 rings (SSSR count). The van der Waals surface area contributed by atoms with Crippen LogP contribution >= 0.6 is 0 Å². The predicted molar refractivity (Wildman–Crippen MR) is 70.5 cm³/mol. The zero-order valence-corrected chi connectivity index (χ0v) is 10.2. The first-order chi connectivity index (χ1) is 9.24. The zero-order valence-electron chi connectivity index (χ0n) is 10.2. The van der Waals surface area contributed by atoms with Gasteiger partial charge in [-0.3, -0.25) is 14.8 Å². The van der Waals surface area contributed by atoms with E-state index in [9.17, 15) is 4.79 Å². The Morgan fingerprint density at radius 3 is 3.00 bits per heavy atom. The Labute approximate surface area is 110 Å². The van der Waals surface area contributed by atoms with Crippen molar-refractivity contribution in [3.05, 3.63) is 48.5 Å². The summed E-state index contributed by atoms with van der Waals surface area (Å²) in [6.07, 6.45) is 4.96. The SMILES string of the molecule is NC(=O)COc1cccc(NCc2cnccn2)c1. The molecule has 2 aromatic rings. The summed E-state index contributed by atoms with van der Waals surface area (Å²) >= 11 is 0. The molecule has 0 saturated heterocycles. The maximum atomic E-state index is 10.6. The van der Waals surface area contributed by atoms with Gasteiger partial charge in [0.25, 0.3) is 5.91 Å². The molecule has 0 radical (unpaired) electrons. The largest absolute Gasteiger partial charge is 0.484 e. The molecule has 1 heterocycles. The molecule has 3 N–H and O–H groups in total. The fourth-order valence-corrected chi connectivity index (χ4v) is 1.46. The smallest absolute Gasteiger partial charge is 0.255 e. The summed E-state index contributed by atoms with van der Waals surface area (Å²) in [6.45, 7) is 0.431. The lowest BCUT2D eigenvalue weighted by Crippen LogP contribution is -2.20. The van der Waals surface area contributed by atoms with Crippen LogP contribution in [0.5, 0.6) is 5.75 Å². The summed E-state index contributed by atoms with van der Waals surface area (Å²) in [4.78, 5) is 18.8. The van der Waals surface area contributed by atoms with Crippen LogP contribution in [0.3, 0.4) is 0 Å². The third kappa shape index (κ3) is 4.27. The van der Waals surface area contributed by atoms with Crippen LogP contribution in [-0.4, -0.2) is 22.5 Å². The van der Waals surface area contributed by atoms with E-state index >= 15 is 0 Å². The lowest BCUT2D eigenvalue weighted by molar-refractivity contribution is -0.119. The minimum Gasteiger partial charge on any atom is -0.484 e. The molecule has 0 unspecified atom stereocenters. The van der Waals surface area contributed by atoms with E-state index < -0.39 is 5.91 Å². The minimum atomic E-state index is -0.502. The van der Waals surface area contributed by atoms with Crippen molar-refractivity contribution in [3.8, 4) is 5.75 Å².